The summed E-state index contributed by atoms with van der Waals surface area (Å²) < 4.78 is 0. The number of nitriles is 1. The quantitative estimate of drug-likeness (QED) is 0.841. The van der Waals surface area contributed by atoms with Crippen molar-refractivity contribution in [3.05, 3.63) is 28.9 Å². The summed E-state index contributed by atoms with van der Waals surface area (Å²) in [4.78, 5) is 14.9. The number of hydrogen-bond acceptors (Lipinski definition) is 4. The second-order valence-electron chi connectivity index (χ2n) is 6.19. The predicted molar refractivity (Wildman–Crippen MR) is 89.1 cm³/mol. The Bertz CT molecular complexity index is 759. The summed E-state index contributed by atoms with van der Waals surface area (Å²) in [6, 6.07) is 5.53. The standard InChI is InChI=1S/C16H17ClN4O/c1-16(2,3)8-20-14-10(6-18)7-19-15-12(14)4-11(21-9-22)5-13(15)17/h4-5,7,9H,8H2,1-3H3,(H,19,20)(H,21,22). The molecular weight excluding hydrogens is 300 g/mol. The fourth-order valence-corrected chi connectivity index (χ4v) is 2.31. The van der Waals surface area contributed by atoms with Crippen molar-refractivity contribution in [2.75, 3.05) is 17.2 Å². The third kappa shape index (κ3) is 3.46. The number of carbonyl (C=O) groups is 1. The minimum Gasteiger partial charge on any atom is -0.383 e. The highest BCUT2D eigenvalue weighted by atomic mass is 35.5. The number of rotatable bonds is 4. The van der Waals surface area contributed by atoms with E-state index < -0.39 is 0 Å². The molecule has 114 valence electrons. The van der Waals surface area contributed by atoms with Crippen LogP contribution in [0.3, 0.4) is 0 Å². The van der Waals surface area contributed by atoms with Gasteiger partial charge in [0.1, 0.15) is 6.07 Å². The smallest absolute Gasteiger partial charge is 0.211 e. The van der Waals surface area contributed by atoms with Crippen molar-refractivity contribution < 1.29 is 4.79 Å². The topological polar surface area (TPSA) is 77.8 Å². The van der Waals surface area contributed by atoms with Gasteiger partial charge >= 0.3 is 0 Å². The molecule has 1 aromatic carbocycles. The van der Waals surface area contributed by atoms with Crippen molar-refractivity contribution in [1.29, 1.82) is 5.26 Å². The van der Waals surface area contributed by atoms with E-state index in [1.807, 2.05) is 0 Å². The Balaban J connectivity index is 2.63. The lowest BCUT2D eigenvalue weighted by molar-refractivity contribution is -0.105. The molecule has 5 nitrogen and oxygen atoms in total. The number of nitrogens with one attached hydrogen (secondary N) is 2. The Morgan fingerprint density at radius 1 is 1.41 bits per heavy atom. The molecule has 0 aliphatic carbocycles. The van der Waals surface area contributed by atoms with Crippen LogP contribution in [0.25, 0.3) is 10.9 Å². The number of nitrogens with zero attached hydrogens (tertiary/aromatic N) is 2. The third-order valence-electron chi connectivity index (χ3n) is 3.07. The molecule has 2 N–H and O–H groups in total. The van der Waals surface area contributed by atoms with E-state index in [0.29, 0.717) is 45.8 Å². The summed E-state index contributed by atoms with van der Waals surface area (Å²) in [6.45, 7) is 6.98. The number of pyridine rings is 1. The fraction of sp³-hybridized carbons (Fsp3) is 0.312. The average molecular weight is 317 g/mol. The Kier molecular flexibility index (Phi) is 4.53. The van der Waals surface area contributed by atoms with Crippen LogP contribution in [-0.4, -0.2) is 17.9 Å². The number of aromatic nitrogens is 1. The number of halogens is 1. The summed E-state index contributed by atoms with van der Waals surface area (Å²) >= 11 is 6.23. The van der Waals surface area contributed by atoms with Gasteiger partial charge in [0.2, 0.25) is 6.41 Å². The van der Waals surface area contributed by atoms with Crippen LogP contribution in [0.5, 0.6) is 0 Å². The van der Waals surface area contributed by atoms with Crippen molar-refractivity contribution in [2.45, 2.75) is 20.8 Å². The van der Waals surface area contributed by atoms with Gasteiger partial charge in [-0.25, -0.2) is 0 Å². The van der Waals surface area contributed by atoms with Gasteiger partial charge in [-0.15, -0.1) is 0 Å². The van der Waals surface area contributed by atoms with Gasteiger partial charge in [0.15, 0.2) is 0 Å². The van der Waals surface area contributed by atoms with E-state index in [0.717, 1.165) is 0 Å². The fourth-order valence-electron chi connectivity index (χ4n) is 2.04. The first-order valence-corrected chi connectivity index (χ1v) is 7.20. The molecule has 0 radical (unpaired) electrons. The van der Waals surface area contributed by atoms with E-state index in [1.165, 1.54) is 6.20 Å². The molecule has 2 aromatic rings. The molecule has 1 aromatic heterocycles. The molecule has 22 heavy (non-hydrogen) atoms. The van der Waals surface area contributed by atoms with Crippen LogP contribution in [0.15, 0.2) is 18.3 Å². The number of benzene rings is 1. The Morgan fingerprint density at radius 3 is 2.73 bits per heavy atom. The van der Waals surface area contributed by atoms with E-state index in [1.54, 1.807) is 12.1 Å². The highest BCUT2D eigenvalue weighted by molar-refractivity contribution is 6.36. The molecule has 0 aliphatic heterocycles. The highest BCUT2D eigenvalue weighted by Gasteiger charge is 2.15. The first kappa shape index (κ1) is 16.1. The van der Waals surface area contributed by atoms with E-state index in [9.17, 15) is 10.1 Å². The number of amides is 1. The van der Waals surface area contributed by atoms with Crippen LogP contribution < -0.4 is 10.6 Å². The van der Waals surface area contributed by atoms with Crippen LogP contribution in [0, 0.1) is 16.7 Å². The molecule has 0 saturated carbocycles. The van der Waals surface area contributed by atoms with Gasteiger partial charge in [0.25, 0.3) is 0 Å². The van der Waals surface area contributed by atoms with Crippen LogP contribution in [0.2, 0.25) is 5.02 Å². The van der Waals surface area contributed by atoms with Gasteiger partial charge in [0, 0.05) is 23.8 Å². The average Bonchev–Trinajstić information content (AvgIpc) is 2.44. The van der Waals surface area contributed by atoms with Crippen molar-refractivity contribution in [1.82, 2.24) is 4.98 Å². The molecule has 1 amide bonds. The Labute approximate surface area is 134 Å². The molecule has 0 saturated heterocycles. The van der Waals surface area contributed by atoms with Crippen LogP contribution in [0.4, 0.5) is 11.4 Å². The van der Waals surface area contributed by atoms with Crippen LogP contribution in [-0.2, 0) is 4.79 Å². The van der Waals surface area contributed by atoms with Crippen molar-refractivity contribution in [3.63, 3.8) is 0 Å². The minimum atomic E-state index is 0.0464. The molecule has 0 bridgehead atoms. The first-order valence-electron chi connectivity index (χ1n) is 6.82. The van der Waals surface area contributed by atoms with Gasteiger partial charge in [-0.3, -0.25) is 9.78 Å². The van der Waals surface area contributed by atoms with Crippen LogP contribution >= 0.6 is 11.6 Å². The number of anilines is 2. The van der Waals surface area contributed by atoms with Gasteiger partial charge in [-0.1, -0.05) is 32.4 Å². The van der Waals surface area contributed by atoms with E-state index >= 15 is 0 Å². The summed E-state index contributed by atoms with van der Waals surface area (Å²) in [5.74, 6) is 0. The Morgan fingerprint density at radius 2 is 2.14 bits per heavy atom. The predicted octanol–water partition coefficient (Wildman–Crippen LogP) is 3.79. The summed E-state index contributed by atoms with van der Waals surface area (Å²) in [7, 11) is 0. The Hall–Kier alpha value is -2.32. The van der Waals surface area contributed by atoms with Crippen molar-refractivity contribution in [2.24, 2.45) is 5.41 Å². The van der Waals surface area contributed by atoms with Gasteiger partial charge in [-0.2, -0.15) is 5.26 Å². The lowest BCUT2D eigenvalue weighted by Gasteiger charge is -2.21. The molecule has 1 heterocycles. The maximum atomic E-state index is 10.6. The van der Waals surface area contributed by atoms with Gasteiger partial charge in [-0.05, 0) is 17.5 Å². The minimum absolute atomic E-state index is 0.0464. The van der Waals surface area contributed by atoms with Gasteiger partial charge < -0.3 is 10.6 Å². The zero-order valence-electron chi connectivity index (χ0n) is 12.7. The second-order valence-corrected chi connectivity index (χ2v) is 6.60. The molecular formula is C16H17ClN4O. The maximum absolute atomic E-state index is 10.6. The van der Waals surface area contributed by atoms with E-state index in [4.69, 9.17) is 11.6 Å². The summed E-state index contributed by atoms with van der Waals surface area (Å²) in [5, 5.41) is 16.3. The maximum Gasteiger partial charge on any atom is 0.211 e. The largest absolute Gasteiger partial charge is 0.383 e. The number of fused-ring (bicyclic) bond motifs is 1. The molecule has 0 fully saturated rings. The highest BCUT2D eigenvalue weighted by Crippen LogP contribution is 2.33. The molecule has 2 rings (SSSR count). The van der Waals surface area contributed by atoms with Crippen molar-refractivity contribution in [3.8, 4) is 6.07 Å². The van der Waals surface area contributed by atoms with Gasteiger partial charge in [0.05, 0.1) is 21.8 Å². The zero-order chi connectivity index (χ0) is 16.3. The summed E-state index contributed by atoms with van der Waals surface area (Å²) in [5.41, 5.74) is 2.32. The zero-order valence-corrected chi connectivity index (χ0v) is 13.5. The lowest BCUT2D eigenvalue weighted by Crippen LogP contribution is -2.19. The van der Waals surface area contributed by atoms with Crippen LogP contribution in [0.1, 0.15) is 26.3 Å². The number of hydrogen-bond donors (Lipinski definition) is 2. The lowest BCUT2D eigenvalue weighted by atomic mass is 9.96. The third-order valence-corrected chi connectivity index (χ3v) is 3.35. The van der Waals surface area contributed by atoms with E-state index in [2.05, 4.69) is 42.5 Å². The van der Waals surface area contributed by atoms with E-state index in [-0.39, 0.29) is 5.41 Å². The SMILES string of the molecule is CC(C)(C)CNc1c(C#N)cnc2c(Cl)cc(NC=O)cc12. The second kappa shape index (κ2) is 6.20. The number of carbonyl (C=O) groups excluding carboxylic acids is 1. The molecule has 0 aliphatic rings. The normalized spacial score (nSPS) is 11.0. The molecule has 0 atom stereocenters. The first-order chi connectivity index (χ1) is 10.4. The molecule has 6 heteroatoms. The van der Waals surface area contributed by atoms with Crippen molar-refractivity contribution >= 4 is 40.3 Å². The molecule has 0 unspecified atom stereocenters. The molecule has 0 spiro atoms. The summed E-state index contributed by atoms with van der Waals surface area (Å²) in [6.07, 6.45) is 2.09. The monoisotopic (exact) mass is 316 g/mol.